The minimum absolute atomic E-state index is 0.154. The average molecular weight is 376 g/mol. The van der Waals surface area contributed by atoms with Gasteiger partial charge in [-0.3, -0.25) is 4.68 Å². The molecule has 7 nitrogen and oxygen atoms in total. The normalized spacial score (nSPS) is 14.3. The van der Waals surface area contributed by atoms with Crippen molar-refractivity contribution in [2.75, 3.05) is 13.3 Å². The Kier molecular flexibility index (Phi) is 5.65. The van der Waals surface area contributed by atoms with Gasteiger partial charge in [0.2, 0.25) is 0 Å². The van der Waals surface area contributed by atoms with Gasteiger partial charge in [0.15, 0.2) is 6.79 Å². The molecule has 0 bridgehead atoms. The lowest BCUT2D eigenvalue weighted by molar-refractivity contribution is -0.0172. The molecule has 0 spiro atoms. The first-order chi connectivity index (χ1) is 12.9. The van der Waals surface area contributed by atoms with Gasteiger partial charge in [-0.1, -0.05) is 0 Å². The Labute approximate surface area is 157 Å². The highest BCUT2D eigenvalue weighted by Crippen LogP contribution is 2.29. The van der Waals surface area contributed by atoms with Crippen molar-refractivity contribution in [1.29, 1.82) is 0 Å². The minimum Gasteiger partial charge on any atom is -0.467 e. The second-order valence-corrected chi connectivity index (χ2v) is 6.74. The quantitative estimate of drug-likeness (QED) is 0.841. The van der Waals surface area contributed by atoms with Gasteiger partial charge in [0, 0.05) is 30.4 Å². The van der Waals surface area contributed by atoms with Crippen LogP contribution in [0.2, 0.25) is 0 Å². The topological polar surface area (TPSA) is 77.4 Å². The van der Waals surface area contributed by atoms with Crippen LogP contribution in [0.3, 0.4) is 0 Å². The average Bonchev–Trinajstić information content (AvgIpc) is 2.86. The monoisotopic (exact) mass is 376 g/mol. The Morgan fingerprint density at radius 1 is 1.41 bits per heavy atom. The third kappa shape index (κ3) is 4.21. The lowest BCUT2D eigenvalue weighted by Gasteiger charge is -2.21. The van der Waals surface area contributed by atoms with Crippen molar-refractivity contribution in [2.45, 2.75) is 39.8 Å². The van der Waals surface area contributed by atoms with Crippen molar-refractivity contribution in [2.24, 2.45) is 7.05 Å². The van der Waals surface area contributed by atoms with E-state index in [0.717, 1.165) is 22.5 Å². The van der Waals surface area contributed by atoms with E-state index >= 15 is 0 Å². The van der Waals surface area contributed by atoms with Gasteiger partial charge in [0.05, 0.1) is 18.3 Å². The molecule has 8 heteroatoms. The van der Waals surface area contributed by atoms with Gasteiger partial charge in [-0.25, -0.2) is 9.18 Å². The molecule has 27 heavy (non-hydrogen) atoms. The van der Waals surface area contributed by atoms with E-state index in [9.17, 15) is 9.18 Å². The van der Waals surface area contributed by atoms with E-state index in [0.29, 0.717) is 30.9 Å². The number of fused-ring (bicyclic) bond motifs is 1. The lowest BCUT2D eigenvalue weighted by atomic mass is 10.1. The van der Waals surface area contributed by atoms with E-state index in [1.807, 2.05) is 27.8 Å². The Bertz CT molecular complexity index is 850. The van der Waals surface area contributed by atoms with Crippen LogP contribution < -0.4 is 15.4 Å². The van der Waals surface area contributed by atoms with Gasteiger partial charge in [-0.15, -0.1) is 0 Å². The third-order valence-electron chi connectivity index (χ3n) is 4.78. The SMILES string of the molecule is Cc1nn(C)c(C)c1[C@@H](C)NC(=O)NCCc1cc(F)cc2c1OCOC2. The van der Waals surface area contributed by atoms with E-state index in [2.05, 4.69) is 15.7 Å². The van der Waals surface area contributed by atoms with Gasteiger partial charge in [0.1, 0.15) is 11.6 Å². The fourth-order valence-electron chi connectivity index (χ4n) is 3.49. The van der Waals surface area contributed by atoms with Gasteiger partial charge < -0.3 is 20.1 Å². The number of aromatic nitrogens is 2. The van der Waals surface area contributed by atoms with Gasteiger partial charge in [-0.2, -0.15) is 5.10 Å². The number of urea groups is 1. The summed E-state index contributed by atoms with van der Waals surface area (Å²) >= 11 is 0. The maximum atomic E-state index is 13.8. The molecular formula is C19H25FN4O3. The number of ether oxygens (including phenoxy) is 2. The van der Waals surface area contributed by atoms with E-state index in [1.165, 1.54) is 12.1 Å². The van der Waals surface area contributed by atoms with Crippen LogP contribution in [0.15, 0.2) is 12.1 Å². The Balaban J connectivity index is 1.57. The molecule has 0 fully saturated rings. The highest BCUT2D eigenvalue weighted by Gasteiger charge is 2.19. The Morgan fingerprint density at radius 3 is 2.89 bits per heavy atom. The summed E-state index contributed by atoms with van der Waals surface area (Å²) in [7, 11) is 1.88. The zero-order valence-electron chi connectivity index (χ0n) is 16.1. The number of hydrogen-bond acceptors (Lipinski definition) is 4. The summed E-state index contributed by atoms with van der Waals surface area (Å²) < 4.78 is 26.2. The van der Waals surface area contributed by atoms with E-state index < -0.39 is 0 Å². The van der Waals surface area contributed by atoms with Crippen LogP contribution in [0.1, 0.15) is 41.0 Å². The predicted molar refractivity (Wildman–Crippen MR) is 98.0 cm³/mol. The number of aryl methyl sites for hydroxylation is 2. The van der Waals surface area contributed by atoms with E-state index in [-0.39, 0.29) is 24.7 Å². The molecule has 0 saturated carbocycles. The van der Waals surface area contributed by atoms with Crippen LogP contribution in [-0.2, 0) is 24.8 Å². The molecule has 2 heterocycles. The second-order valence-electron chi connectivity index (χ2n) is 6.74. The van der Waals surface area contributed by atoms with Crippen molar-refractivity contribution in [1.82, 2.24) is 20.4 Å². The third-order valence-corrected chi connectivity index (χ3v) is 4.78. The van der Waals surface area contributed by atoms with Crippen LogP contribution in [0.25, 0.3) is 0 Å². The van der Waals surface area contributed by atoms with Crippen LogP contribution in [0.5, 0.6) is 5.75 Å². The van der Waals surface area contributed by atoms with Gasteiger partial charge in [-0.05, 0) is 44.9 Å². The molecule has 146 valence electrons. The van der Waals surface area contributed by atoms with Crippen LogP contribution in [0, 0.1) is 19.7 Å². The fraction of sp³-hybridized carbons (Fsp3) is 0.474. The van der Waals surface area contributed by atoms with E-state index in [1.54, 1.807) is 4.68 Å². The maximum absolute atomic E-state index is 13.8. The summed E-state index contributed by atoms with van der Waals surface area (Å²) in [6.45, 7) is 6.67. The first kappa shape index (κ1) is 19.2. The van der Waals surface area contributed by atoms with Gasteiger partial charge in [0.25, 0.3) is 0 Å². The molecule has 3 rings (SSSR count). The number of rotatable bonds is 5. The fourth-order valence-corrected chi connectivity index (χ4v) is 3.49. The number of nitrogens with one attached hydrogen (secondary N) is 2. The van der Waals surface area contributed by atoms with Crippen LogP contribution in [-0.4, -0.2) is 29.1 Å². The highest BCUT2D eigenvalue weighted by molar-refractivity contribution is 5.74. The Hall–Kier alpha value is -2.61. The molecule has 1 aromatic heterocycles. The summed E-state index contributed by atoms with van der Waals surface area (Å²) in [5.74, 6) is 0.318. The molecule has 1 aliphatic heterocycles. The predicted octanol–water partition coefficient (Wildman–Crippen LogP) is 2.65. The summed E-state index contributed by atoms with van der Waals surface area (Å²) in [6.07, 6.45) is 0.465. The smallest absolute Gasteiger partial charge is 0.315 e. The minimum atomic E-state index is -0.335. The summed E-state index contributed by atoms with van der Waals surface area (Å²) in [4.78, 5) is 12.2. The molecular weight excluding hydrogens is 351 g/mol. The Morgan fingerprint density at radius 2 is 2.19 bits per heavy atom. The summed E-state index contributed by atoms with van der Waals surface area (Å²) in [5.41, 5.74) is 4.34. The maximum Gasteiger partial charge on any atom is 0.315 e. The molecule has 0 unspecified atom stereocenters. The van der Waals surface area contributed by atoms with Crippen LogP contribution in [0.4, 0.5) is 9.18 Å². The van der Waals surface area contributed by atoms with Crippen molar-refractivity contribution >= 4 is 6.03 Å². The molecule has 0 aliphatic carbocycles. The molecule has 2 aromatic rings. The largest absolute Gasteiger partial charge is 0.467 e. The summed E-state index contributed by atoms with van der Waals surface area (Å²) in [6, 6.07) is 2.41. The van der Waals surface area contributed by atoms with Crippen molar-refractivity contribution < 1.29 is 18.7 Å². The molecule has 1 aliphatic rings. The molecule has 1 atom stereocenters. The van der Waals surface area contributed by atoms with Crippen molar-refractivity contribution in [3.8, 4) is 5.75 Å². The number of amides is 2. The molecule has 1 aromatic carbocycles. The van der Waals surface area contributed by atoms with E-state index in [4.69, 9.17) is 9.47 Å². The first-order valence-corrected chi connectivity index (χ1v) is 8.93. The zero-order valence-corrected chi connectivity index (χ0v) is 16.1. The number of carbonyl (C=O) groups excluding carboxylic acids is 1. The number of benzene rings is 1. The molecule has 0 saturated heterocycles. The van der Waals surface area contributed by atoms with Crippen molar-refractivity contribution in [3.05, 3.63) is 46.0 Å². The molecule has 0 radical (unpaired) electrons. The highest BCUT2D eigenvalue weighted by atomic mass is 19.1. The molecule has 2 N–H and O–H groups in total. The van der Waals surface area contributed by atoms with Crippen molar-refractivity contribution in [3.63, 3.8) is 0 Å². The van der Waals surface area contributed by atoms with Gasteiger partial charge >= 0.3 is 6.03 Å². The zero-order chi connectivity index (χ0) is 19.6. The lowest BCUT2D eigenvalue weighted by Crippen LogP contribution is -2.38. The second kappa shape index (κ2) is 7.96. The number of hydrogen-bond donors (Lipinski definition) is 2. The number of halogens is 1. The molecule has 2 amide bonds. The number of nitrogens with zero attached hydrogens (tertiary/aromatic N) is 2. The van der Waals surface area contributed by atoms with Crippen LogP contribution >= 0.6 is 0 Å². The standard InChI is InChI=1S/C19H25FN4O3/c1-11(17-12(2)23-24(4)13(17)3)22-19(25)21-6-5-14-7-16(20)8-15-9-26-10-27-18(14)15/h7-8,11H,5-6,9-10H2,1-4H3,(H2,21,22,25)/t11-/m1/s1. The summed E-state index contributed by atoms with van der Waals surface area (Å²) in [5, 5.41) is 10.1. The first-order valence-electron chi connectivity index (χ1n) is 8.93. The number of carbonyl (C=O) groups is 1.